The quantitative estimate of drug-likeness (QED) is 0.773. The highest BCUT2D eigenvalue weighted by Gasteiger charge is 2.36. The number of benzene rings is 1. The minimum absolute atomic E-state index is 0.147. The molecule has 0 saturated carbocycles. The van der Waals surface area contributed by atoms with E-state index in [1.54, 1.807) is 12.1 Å². The monoisotopic (exact) mass is 277 g/mol. The molecular formula is C16H23NO3. The van der Waals surface area contributed by atoms with E-state index in [1.807, 2.05) is 6.07 Å². The predicted molar refractivity (Wildman–Crippen MR) is 76.4 cm³/mol. The van der Waals surface area contributed by atoms with Crippen molar-refractivity contribution in [3.05, 3.63) is 29.3 Å². The molecule has 1 aromatic rings. The molecule has 0 aromatic heterocycles. The molecule has 4 nitrogen and oxygen atoms in total. The molecule has 2 fully saturated rings. The molecule has 3 unspecified atom stereocenters. The standard InChI is InChI=1S/C16H23NO3/c18-10-12-5-4-11(7-16(12)20)15-9-14(19)8-13-3-1-2-6-17(13)15/h4-5,7,13-15,18-20H,1-3,6,8-10H2. The van der Waals surface area contributed by atoms with E-state index in [4.69, 9.17) is 5.11 Å². The number of fused-ring (bicyclic) bond motifs is 1. The molecule has 3 N–H and O–H groups in total. The zero-order valence-corrected chi connectivity index (χ0v) is 11.7. The summed E-state index contributed by atoms with van der Waals surface area (Å²) in [5.41, 5.74) is 1.60. The van der Waals surface area contributed by atoms with E-state index in [1.165, 1.54) is 12.8 Å². The van der Waals surface area contributed by atoms with Gasteiger partial charge in [-0.3, -0.25) is 4.90 Å². The number of aliphatic hydroxyl groups excluding tert-OH is 2. The van der Waals surface area contributed by atoms with Gasteiger partial charge in [0.05, 0.1) is 12.7 Å². The molecule has 2 saturated heterocycles. The molecule has 0 amide bonds. The molecule has 0 bridgehead atoms. The topological polar surface area (TPSA) is 63.9 Å². The molecule has 20 heavy (non-hydrogen) atoms. The third-order valence-electron chi connectivity index (χ3n) is 4.78. The van der Waals surface area contributed by atoms with E-state index < -0.39 is 0 Å². The van der Waals surface area contributed by atoms with Gasteiger partial charge in [0.2, 0.25) is 0 Å². The maximum Gasteiger partial charge on any atom is 0.121 e. The van der Waals surface area contributed by atoms with Gasteiger partial charge in [0.1, 0.15) is 5.75 Å². The van der Waals surface area contributed by atoms with Gasteiger partial charge in [-0.05, 0) is 43.9 Å². The van der Waals surface area contributed by atoms with Crippen LogP contribution >= 0.6 is 0 Å². The molecule has 3 atom stereocenters. The number of aromatic hydroxyl groups is 1. The summed E-state index contributed by atoms with van der Waals surface area (Å²) < 4.78 is 0. The molecule has 2 aliphatic rings. The first-order valence-electron chi connectivity index (χ1n) is 7.55. The van der Waals surface area contributed by atoms with Crippen molar-refractivity contribution in [2.24, 2.45) is 0 Å². The molecule has 2 aliphatic heterocycles. The second-order valence-corrected chi connectivity index (χ2v) is 6.07. The summed E-state index contributed by atoms with van der Waals surface area (Å²) in [5.74, 6) is 0.152. The Morgan fingerprint density at radius 2 is 2.05 bits per heavy atom. The van der Waals surface area contributed by atoms with Crippen molar-refractivity contribution in [1.82, 2.24) is 4.90 Å². The number of rotatable bonds is 2. The van der Waals surface area contributed by atoms with Crippen molar-refractivity contribution in [3.63, 3.8) is 0 Å². The largest absolute Gasteiger partial charge is 0.508 e. The number of nitrogens with zero attached hydrogens (tertiary/aromatic N) is 1. The Morgan fingerprint density at radius 3 is 2.80 bits per heavy atom. The van der Waals surface area contributed by atoms with Gasteiger partial charge in [0.15, 0.2) is 0 Å². The fourth-order valence-corrected chi connectivity index (χ4v) is 3.74. The molecular weight excluding hydrogens is 254 g/mol. The highest BCUT2D eigenvalue weighted by atomic mass is 16.3. The van der Waals surface area contributed by atoms with Crippen LogP contribution in [-0.2, 0) is 6.61 Å². The van der Waals surface area contributed by atoms with Crippen molar-refractivity contribution >= 4 is 0 Å². The minimum Gasteiger partial charge on any atom is -0.508 e. The molecule has 110 valence electrons. The van der Waals surface area contributed by atoms with Gasteiger partial charge in [-0.1, -0.05) is 18.6 Å². The Balaban J connectivity index is 1.88. The van der Waals surface area contributed by atoms with Crippen LogP contribution in [0.5, 0.6) is 5.75 Å². The third kappa shape index (κ3) is 2.55. The summed E-state index contributed by atoms with van der Waals surface area (Å²) in [6, 6.07) is 6.16. The van der Waals surface area contributed by atoms with E-state index >= 15 is 0 Å². The second-order valence-electron chi connectivity index (χ2n) is 6.07. The van der Waals surface area contributed by atoms with Crippen LogP contribution in [0.4, 0.5) is 0 Å². The van der Waals surface area contributed by atoms with Gasteiger partial charge in [-0.25, -0.2) is 0 Å². The van der Waals surface area contributed by atoms with Gasteiger partial charge in [-0.2, -0.15) is 0 Å². The predicted octanol–water partition coefficient (Wildman–Crippen LogP) is 1.93. The lowest BCUT2D eigenvalue weighted by molar-refractivity contribution is -0.0180. The summed E-state index contributed by atoms with van der Waals surface area (Å²) in [5, 5.41) is 29.2. The van der Waals surface area contributed by atoms with E-state index in [2.05, 4.69) is 4.90 Å². The molecule has 1 aromatic carbocycles. The summed E-state index contributed by atoms with van der Waals surface area (Å²) in [6.45, 7) is 0.927. The van der Waals surface area contributed by atoms with Gasteiger partial charge in [0.25, 0.3) is 0 Å². The first-order chi connectivity index (χ1) is 9.69. The third-order valence-corrected chi connectivity index (χ3v) is 4.78. The van der Waals surface area contributed by atoms with Crippen molar-refractivity contribution in [1.29, 1.82) is 0 Å². The first kappa shape index (κ1) is 13.9. The van der Waals surface area contributed by atoms with Gasteiger partial charge in [-0.15, -0.1) is 0 Å². The van der Waals surface area contributed by atoms with Gasteiger partial charge in [0, 0.05) is 17.6 Å². The Bertz CT molecular complexity index is 477. The normalized spacial score (nSPS) is 31.0. The van der Waals surface area contributed by atoms with Crippen molar-refractivity contribution in [3.8, 4) is 5.75 Å². The maximum atomic E-state index is 10.1. The average Bonchev–Trinajstić information content (AvgIpc) is 2.46. The summed E-state index contributed by atoms with van der Waals surface area (Å²) >= 11 is 0. The lowest BCUT2D eigenvalue weighted by atomic mass is 9.84. The average molecular weight is 277 g/mol. The maximum absolute atomic E-state index is 10.1. The summed E-state index contributed by atoms with van der Waals surface area (Å²) in [4.78, 5) is 2.49. The zero-order chi connectivity index (χ0) is 14.1. The fourth-order valence-electron chi connectivity index (χ4n) is 3.74. The Hall–Kier alpha value is -1.10. The number of phenols is 1. The zero-order valence-electron chi connectivity index (χ0n) is 11.7. The van der Waals surface area contributed by atoms with Crippen LogP contribution in [0.2, 0.25) is 0 Å². The van der Waals surface area contributed by atoms with Crippen LogP contribution in [0.3, 0.4) is 0 Å². The number of piperidine rings is 2. The SMILES string of the molecule is OCc1ccc(C2CC(O)CC3CCCCN32)cc1O. The highest BCUT2D eigenvalue weighted by Crippen LogP contribution is 2.39. The van der Waals surface area contributed by atoms with Crippen LogP contribution in [0, 0.1) is 0 Å². The fraction of sp³-hybridized carbons (Fsp3) is 0.625. The van der Waals surface area contributed by atoms with Crippen LogP contribution in [0.25, 0.3) is 0 Å². The van der Waals surface area contributed by atoms with E-state index in [9.17, 15) is 10.2 Å². The Kier molecular flexibility index (Phi) is 3.96. The highest BCUT2D eigenvalue weighted by molar-refractivity contribution is 5.37. The second kappa shape index (κ2) is 5.72. The molecule has 2 heterocycles. The molecule has 3 rings (SSSR count). The smallest absolute Gasteiger partial charge is 0.121 e. The molecule has 0 spiro atoms. The number of hydrogen-bond acceptors (Lipinski definition) is 4. The molecule has 0 aliphatic carbocycles. The van der Waals surface area contributed by atoms with Crippen molar-refractivity contribution in [2.45, 2.75) is 56.9 Å². The van der Waals surface area contributed by atoms with E-state index in [-0.39, 0.29) is 24.5 Å². The first-order valence-corrected chi connectivity index (χ1v) is 7.55. The van der Waals surface area contributed by atoms with Crippen molar-refractivity contribution < 1.29 is 15.3 Å². The molecule has 4 heteroatoms. The van der Waals surface area contributed by atoms with Gasteiger partial charge < -0.3 is 15.3 Å². The summed E-state index contributed by atoms with van der Waals surface area (Å²) in [7, 11) is 0. The summed E-state index contributed by atoms with van der Waals surface area (Å²) in [6.07, 6.45) is 4.97. The number of hydrogen-bond donors (Lipinski definition) is 3. The minimum atomic E-state index is -0.251. The van der Waals surface area contributed by atoms with Crippen LogP contribution in [0.15, 0.2) is 18.2 Å². The van der Waals surface area contributed by atoms with Crippen LogP contribution in [0.1, 0.15) is 49.3 Å². The lowest BCUT2D eigenvalue weighted by Gasteiger charge is -2.47. The van der Waals surface area contributed by atoms with E-state index in [0.717, 1.165) is 31.4 Å². The van der Waals surface area contributed by atoms with Crippen LogP contribution in [-0.4, -0.2) is 38.9 Å². The van der Waals surface area contributed by atoms with Crippen LogP contribution < -0.4 is 0 Å². The van der Waals surface area contributed by atoms with Crippen molar-refractivity contribution in [2.75, 3.05) is 6.54 Å². The van der Waals surface area contributed by atoms with E-state index in [0.29, 0.717) is 11.6 Å². The number of aliphatic hydroxyl groups is 2. The Labute approximate surface area is 119 Å². The molecule has 0 radical (unpaired) electrons. The Morgan fingerprint density at radius 1 is 1.20 bits per heavy atom. The lowest BCUT2D eigenvalue weighted by Crippen LogP contribution is -2.48. The van der Waals surface area contributed by atoms with Gasteiger partial charge >= 0.3 is 0 Å².